The summed E-state index contributed by atoms with van der Waals surface area (Å²) < 4.78 is 5.13. The van der Waals surface area contributed by atoms with E-state index in [9.17, 15) is 4.79 Å². The molecule has 5 heteroatoms. The van der Waals surface area contributed by atoms with E-state index in [1.54, 1.807) is 18.9 Å². The molecule has 0 amide bonds. The molecule has 2 N–H and O–H groups in total. The van der Waals surface area contributed by atoms with Crippen molar-refractivity contribution in [3.05, 3.63) is 64.4 Å². The number of aromatic nitrogens is 1. The van der Waals surface area contributed by atoms with Gasteiger partial charge in [-0.25, -0.2) is 0 Å². The molecule has 0 aliphatic carbocycles. The summed E-state index contributed by atoms with van der Waals surface area (Å²) in [6, 6.07) is 15.7. The van der Waals surface area contributed by atoms with Crippen molar-refractivity contribution in [3.63, 3.8) is 0 Å². The minimum atomic E-state index is -0.0586. The van der Waals surface area contributed by atoms with Crippen LogP contribution in [0.15, 0.2) is 58.2 Å². The topological polar surface area (TPSA) is 54.1 Å². The summed E-state index contributed by atoms with van der Waals surface area (Å²) in [5, 5.41) is 4.30. The number of pyridine rings is 1. The lowest BCUT2D eigenvalue weighted by Crippen LogP contribution is -2.15. The Kier molecular flexibility index (Phi) is 4.57. The SMILES string of the molecule is COc1ccc(NCc2cc3ccc(SC)cc3[nH]c2=O)cc1. The van der Waals surface area contributed by atoms with Gasteiger partial charge in [-0.05, 0) is 54.1 Å². The first-order valence-electron chi connectivity index (χ1n) is 7.27. The summed E-state index contributed by atoms with van der Waals surface area (Å²) in [4.78, 5) is 16.3. The quantitative estimate of drug-likeness (QED) is 0.699. The predicted octanol–water partition coefficient (Wildman–Crippen LogP) is 3.87. The van der Waals surface area contributed by atoms with Crippen LogP contribution < -0.4 is 15.6 Å². The van der Waals surface area contributed by atoms with Gasteiger partial charge in [0.2, 0.25) is 0 Å². The average molecular weight is 326 g/mol. The Morgan fingerprint density at radius 3 is 2.61 bits per heavy atom. The predicted molar refractivity (Wildman–Crippen MR) is 96.7 cm³/mol. The normalized spacial score (nSPS) is 10.7. The number of hydrogen-bond donors (Lipinski definition) is 2. The second-order valence-corrected chi connectivity index (χ2v) is 6.04. The molecule has 2 aromatic carbocycles. The summed E-state index contributed by atoms with van der Waals surface area (Å²) in [6.07, 6.45) is 2.02. The van der Waals surface area contributed by atoms with Gasteiger partial charge in [-0.3, -0.25) is 4.79 Å². The fraction of sp³-hybridized carbons (Fsp3) is 0.167. The first-order chi connectivity index (χ1) is 11.2. The van der Waals surface area contributed by atoms with Crippen molar-refractivity contribution < 1.29 is 4.74 Å². The second kappa shape index (κ2) is 6.79. The summed E-state index contributed by atoms with van der Waals surface area (Å²) in [5.41, 5.74) is 2.47. The molecule has 1 heterocycles. The van der Waals surface area contributed by atoms with Crippen LogP contribution in [0.4, 0.5) is 5.69 Å². The van der Waals surface area contributed by atoms with Crippen LogP contribution >= 0.6 is 11.8 Å². The lowest BCUT2D eigenvalue weighted by molar-refractivity contribution is 0.415. The number of thioether (sulfide) groups is 1. The number of benzene rings is 2. The Morgan fingerprint density at radius 1 is 1.13 bits per heavy atom. The van der Waals surface area contributed by atoms with Crippen molar-refractivity contribution in [2.75, 3.05) is 18.7 Å². The van der Waals surface area contributed by atoms with Crippen molar-refractivity contribution in [3.8, 4) is 5.75 Å². The fourth-order valence-electron chi connectivity index (χ4n) is 2.39. The van der Waals surface area contributed by atoms with E-state index in [2.05, 4.69) is 16.4 Å². The van der Waals surface area contributed by atoms with Crippen LogP contribution in [0.3, 0.4) is 0 Å². The number of anilines is 1. The van der Waals surface area contributed by atoms with Gasteiger partial charge < -0.3 is 15.0 Å². The lowest BCUT2D eigenvalue weighted by Gasteiger charge is -2.08. The molecular formula is C18H18N2O2S. The molecular weight excluding hydrogens is 308 g/mol. The third-order valence-electron chi connectivity index (χ3n) is 3.70. The minimum Gasteiger partial charge on any atom is -0.497 e. The van der Waals surface area contributed by atoms with E-state index in [1.165, 1.54) is 0 Å². The molecule has 23 heavy (non-hydrogen) atoms. The highest BCUT2D eigenvalue weighted by molar-refractivity contribution is 7.98. The zero-order valence-corrected chi connectivity index (χ0v) is 13.9. The molecule has 0 unspecified atom stereocenters. The van der Waals surface area contributed by atoms with Crippen LogP contribution in [-0.4, -0.2) is 18.3 Å². The fourth-order valence-corrected chi connectivity index (χ4v) is 2.83. The largest absolute Gasteiger partial charge is 0.497 e. The highest BCUT2D eigenvalue weighted by Gasteiger charge is 2.04. The van der Waals surface area contributed by atoms with Crippen LogP contribution in [0.2, 0.25) is 0 Å². The molecule has 3 rings (SSSR count). The molecule has 4 nitrogen and oxygen atoms in total. The number of ether oxygens (including phenoxy) is 1. The number of rotatable bonds is 5. The van der Waals surface area contributed by atoms with Gasteiger partial charge in [0.1, 0.15) is 5.75 Å². The number of hydrogen-bond acceptors (Lipinski definition) is 4. The van der Waals surface area contributed by atoms with Crippen LogP contribution in [0.1, 0.15) is 5.56 Å². The standard InChI is InChI=1S/C18H18N2O2S/c1-22-15-6-4-14(5-7-15)19-11-13-9-12-3-8-16(23-2)10-17(12)20-18(13)21/h3-10,19H,11H2,1-2H3,(H,20,21). The van der Waals surface area contributed by atoms with Gasteiger partial charge in [0.25, 0.3) is 5.56 Å². The molecule has 0 aliphatic rings. The molecule has 0 aliphatic heterocycles. The highest BCUT2D eigenvalue weighted by Crippen LogP contribution is 2.20. The van der Waals surface area contributed by atoms with Crippen LogP contribution in [0, 0.1) is 0 Å². The van der Waals surface area contributed by atoms with Gasteiger partial charge in [-0.1, -0.05) is 6.07 Å². The molecule has 1 aromatic heterocycles. The van der Waals surface area contributed by atoms with Gasteiger partial charge >= 0.3 is 0 Å². The average Bonchev–Trinajstić information content (AvgIpc) is 2.60. The minimum absolute atomic E-state index is 0.0586. The Balaban J connectivity index is 1.81. The summed E-state index contributed by atoms with van der Waals surface area (Å²) in [5.74, 6) is 0.809. The van der Waals surface area contributed by atoms with E-state index in [-0.39, 0.29) is 5.56 Å². The van der Waals surface area contributed by atoms with E-state index in [0.717, 1.165) is 27.2 Å². The third kappa shape index (κ3) is 3.51. The Morgan fingerprint density at radius 2 is 1.91 bits per heavy atom. The zero-order chi connectivity index (χ0) is 16.2. The van der Waals surface area contributed by atoms with Crippen molar-refractivity contribution in [1.82, 2.24) is 4.98 Å². The van der Waals surface area contributed by atoms with Crippen LogP contribution in [-0.2, 0) is 6.54 Å². The monoisotopic (exact) mass is 326 g/mol. The first-order valence-corrected chi connectivity index (χ1v) is 8.50. The maximum atomic E-state index is 12.2. The van der Waals surface area contributed by atoms with E-state index in [0.29, 0.717) is 12.1 Å². The maximum Gasteiger partial charge on any atom is 0.253 e. The van der Waals surface area contributed by atoms with Crippen LogP contribution in [0.5, 0.6) is 5.75 Å². The number of fused-ring (bicyclic) bond motifs is 1. The first kappa shape index (κ1) is 15.5. The second-order valence-electron chi connectivity index (χ2n) is 5.16. The summed E-state index contributed by atoms with van der Waals surface area (Å²) in [7, 11) is 1.64. The lowest BCUT2D eigenvalue weighted by atomic mass is 10.1. The summed E-state index contributed by atoms with van der Waals surface area (Å²) >= 11 is 1.66. The maximum absolute atomic E-state index is 12.2. The Bertz CT molecular complexity index is 872. The van der Waals surface area contributed by atoms with Gasteiger partial charge in [0, 0.05) is 28.2 Å². The Hall–Kier alpha value is -2.40. The van der Waals surface area contributed by atoms with Crippen molar-refractivity contribution in [1.29, 1.82) is 0 Å². The molecule has 118 valence electrons. The molecule has 0 saturated heterocycles. The smallest absolute Gasteiger partial charge is 0.253 e. The molecule has 0 saturated carbocycles. The molecule has 0 bridgehead atoms. The van der Waals surface area contributed by atoms with E-state index in [4.69, 9.17) is 4.74 Å². The number of methoxy groups -OCH3 is 1. The highest BCUT2D eigenvalue weighted by atomic mass is 32.2. The molecule has 0 fully saturated rings. The van der Waals surface area contributed by atoms with Gasteiger partial charge in [-0.15, -0.1) is 11.8 Å². The molecule has 0 spiro atoms. The molecule has 0 radical (unpaired) electrons. The van der Waals surface area contributed by atoms with Gasteiger partial charge in [0.15, 0.2) is 0 Å². The van der Waals surface area contributed by atoms with E-state index in [1.807, 2.05) is 48.7 Å². The number of aromatic amines is 1. The van der Waals surface area contributed by atoms with Crippen molar-refractivity contribution in [2.45, 2.75) is 11.4 Å². The van der Waals surface area contributed by atoms with Crippen LogP contribution in [0.25, 0.3) is 10.9 Å². The number of H-pyrrole nitrogens is 1. The van der Waals surface area contributed by atoms with E-state index < -0.39 is 0 Å². The van der Waals surface area contributed by atoms with Crippen molar-refractivity contribution in [2.24, 2.45) is 0 Å². The van der Waals surface area contributed by atoms with E-state index >= 15 is 0 Å². The van der Waals surface area contributed by atoms with Gasteiger partial charge in [-0.2, -0.15) is 0 Å². The Labute approximate surface area is 138 Å². The van der Waals surface area contributed by atoms with Crippen molar-refractivity contribution >= 4 is 28.4 Å². The zero-order valence-electron chi connectivity index (χ0n) is 13.1. The molecule has 3 aromatic rings. The van der Waals surface area contributed by atoms with Gasteiger partial charge in [0.05, 0.1) is 7.11 Å². The molecule has 0 atom stereocenters. The summed E-state index contributed by atoms with van der Waals surface area (Å²) in [6.45, 7) is 0.474. The number of nitrogens with one attached hydrogen (secondary N) is 2. The third-order valence-corrected chi connectivity index (χ3v) is 4.43.